The highest BCUT2D eigenvalue weighted by molar-refractivity contribution is 6.09. The Labute approximate surface area is 177 Å². The van der Waals surface area contributed by atoms with Gasteiger partial charge in [-0.3, -0.25) is 9.59 Å². The summed E-state index contributed by atoms with van der Waals surface area (Å²) in [4.78, 5) is 37.0. The quantitative estimate of drug-likeness (QED) is 0.376. The minimum absolute atomic E-state index is 0.0940. The number of anilines is 1. The fraction of sp³-hybridized carbons (Fsp3) is 0.160. The van der Waals surface area contributed by atoms with Crippen molar-refractivity contribution in [2.45, 2.75) is 19.8 Å². The van der Waals surface area contributed by atoms with Crippen LogP contribution in [0.2, 0.25) is 0 Å². The second-order valence-electron chi connectivity index (χ2n) is 7.73. The molecule has 5 rings (SSSR count). The molecule has 0 aliphatic carbocycles. The number of rotatable bonds is 4. The molecule has 6 heteroatoms. The molecule has 3 aromatic carbocycles. The van der Waals surface area contributed by atoms with Crippen molar-refractivity contribution in [2.75, 3.05) is 11.9 Å². The predicted octanol–water partition coefficient (Wildman–Crippen LogP) is 4.99. The van der Waals surface area contributed by atoms with Gasteiger partial charge < -0.3 is 14.5 Å². The first kappa shape index (κ1) is 19.1. The Bertz CT molecular complexity index is 1400. The first-order valence-electron chi connectivity index (χ1n) is 10.00. The maximum Gasteiger partial charge on any atom is 0.375 e. The topological polar surface area (TPSA) is 85.6 Å². The zero-order chi connectivity index (χ0) is 21.7. The number of aryl methyl sites for hydroxylation is 1. The van der Waals surface area contributed by atoms with Crippen LogP contribution in [0.4, 0.5) is 5.69 Å². The van der Waals surface area contributed by atoms with Gasteiger partial charge >= 0.3 is 5.97 Å². The van der Waals surface area contributed by atoms with E-state index in [0.29, 0.717) is 22.4 Å². The van der Waals surface area contributed by atoms with Gasteiger partial charge in [-0.05, 0) is 43.0 Å². The number of carbonyl (C=O) groups excluding carboxylic acids is 3. The molecule has 0 fully saturated rings. The number of hydrogen-bond acceptors (Lipinski definition) is 5. The standard InChI is InChI=1S/C25H19NO5/c1-13-17-9-7-15-5-3-4-6-18(15)23(17)31-22(13)25(29)30-12-21(27)16-8-10-20-19(11-16)14(2)24(28)26-20/h3-11,14H,12H2,1-2H3,(H,26,28)/t14-/m0/s1. The summed E-state index contributed by atoms with van der Waals surface area (Å²) in [7, 11) is 0. The van der Waals surface area contributed by atoms with Crippen LogP contribution in [0.1, 0.15) is 44.9 Å². The van der Waals surface area contributed by atoms with E-state index in [0.717, 1.165) is 21.7 Å². The van der Waals surface area contributed by atoms with Gasteiger partial charge in [0.25, 0.3) is 0 Å². The molecule has 0 bridgehead atoms. The number of esters is 1. The molecule has 1 aliphatic rings. The summed E-state index contributed by atoms with van der Waals surface area (Å²) in [6, 6.07) is 16.6. The Balaban J connectivity index is 1.37. The zero-order valence-electron chi connectivity index (χ0n) is 17.0. The molecule has 1 aromatic heterocycles. The van der Waals surface area contributed by atoms with E-state index < -0.39 is 12.6 Å². The summed E-state index contributed by atoms with van der Waals surface area (Å²) in [6.45, 7) is 3.17. The van der Waals surface area contributed by atoms with Crippen molar-refractivity contribution in [2.24, 2.45) is 0 Å². The van der Waals surface area contributed by atoms with E-state index in [-0.39, 0.29) is 23.4 Å². The average Bonchev–Trinajstić information content (AvgIpc) is 3.28. The van der Waals surface area contributed by atoms with Crippen molar-refractivity contribution in [3.8, 4) is 0 Å². The summed E-state index contributed by atoms with van der Waals surface area (Å²) in [5.74, 6) is -1.35. The van der Waals surface area contributed by atoms with Crippen LogP contribution in [-0.4, -0.2) is 24.3 Å². The van der Waals surface area contributed by atoms with Crippen LogP contribution in [0, 0.1) is 6.92 Å². The number of fused-ring (bicyclic) bond motifs is 4. The lowest BCUT2D eigenvalue weighted by Crippen LogP contribution is -2.14. The molecule has 0 spiro atoms. The van der Waals surface area contributed by atoms with Crippen LogP contribution in [0.15, 0.2) is 59.0 Å². The Hall–Kier alpha value is -3.93. The second kappa shape index (κ2) is 7.09. The van der Waals surface area contributed by atoms with Gasteiger partial charge in [0.15, 0.2) is 12.4 Å². The Morgan fingerprint density at radius 1 is 1.06 bits per heavy atom. The van der Waals surface area contributed by atoms with Gasteiger partial charge in [-0.2, -0.15) is 0 Å². The molecule has 1 aliphatic heterocycles. The molecule has 0 radical (unpaired) electrons. The van der Waals surface area contributed by atoms with Crippen LogP contribution in [0.3, 0.4) is 0 Å². The third-order valence-corrected chi connectivity index (χ3v) is 5.84. The van der Waals surface area contributed by atoms with E-state index in [2.05, 4.69) is 5.32 Å². The van der Waals surface area contributed by atoms with E-state index in [1.807, 2.05) is 36.4 Å². The van der Waals surface area contributed by atoms with Gasteiger partial charge in [0.2, 0.25) is 11.7 Å². The third-order valence-electron chi connectivity index (χ3n) is 5.84. The summed E-state index contributed by atoms with van der Waals surface area (Å²) < 4.78 is 11.1. The first-order chi connectivity index (χ1) is 14.9. The number of ether oxygens (including phenoxy) is 1. The van der Waals surface area contributed by atoms with E-state index in [1.165, 1.54) is 0 Å². The highest BCUT2D eigenvalue weighted by Crippen LogP contribution is 2.33. The summed E-state index contributed by atoms with van der Waals surface area (Å²) in [5, 5.41) is 5.53. The summed E-state index contributed by atoms with van der Waals surface area (Å²) in [5.41, 5.74) is 3.16. The lowest BCUT2D eigenvalue weighted by Gasteiger charge is -2.06. The number of carbonyl (C=O) groups is 3. The van der Waals surface area contributed by atoms with Crippen LogP contribution < -0.4 is 5.32 Å². The van der Waals surface area contributed by atoms with Crippen molar-refractivity contribution in [3.05, 3.63) is 77.0 Å². The highest BCUT2D eigenvalue weighted by atomic mass is 16.5. The number of nitrogens with one attached hydrogen (secondary N) is 1. The fourth-order valence-electron chi connectivity index (χ4n) is 4.01. The average molecular weight is 413 g/mol. The molecule has 0 unspecified atom stereocenters. The van der Waals surface area contributed by atoms with Gasteiger partial charge in [-0.15, -0.1) is 0 Å². The molecule has 0 saturated heterocycles. The molecule has 31 heavy (non-hydrogen) atoms. The predicted molar refractivity (Wildman–Crippen MR) is 117 cm³/mol. The normalized spacial score (nSPS) is 15.2. The van der Waals surface area contributed by atoms with Crippen LogP contribution in [0.5, 0.6) is 0 Å². The zero-order valence-corrected chi connectivity index (χ0v) is 17.0. The highest BCUT2D eigenvalue weighted by Gasteiger charge is 2.27. The molecular weight excluding hydrogens is 394 g/mol. The molecule has 1 amide bonds. The van der Waals surface area contributed by atoms with Crippen molar-refractivity contribution in [1.29, 1.82) is 0 Å². The van der Waals surface area contributed by atoms with Crippen molar-refractivity contribution < 1.29 is 23.5 Å². The molecule has 4 aromatic rings. The molecule has 6 nitrogen and oxygen atoms in total. The molecule has 2 heterocycles. The van der Waals surface area contributed by atoms with Gasteiger partial charge in [-0.1, -0.05) is 36.4 Å². The van der Waals surface area contributed by atoms with E-state index in [4.69, 9.17) is 9.15 Å². The van der Waals surface area contributed by atoms with Crippen molar-refractivity contribution in [3.63, 3.8) is 0 Å². The molecule has 0 saturated carbocycles. The van der Waals surface area contributed by atoms with Gasteiger partial charge in [0.1, 0.15) is 5.58 Å². The van der Waals surface area contributed by atoms with Gasteiger partial charge in [0, 0.05) is 27.6 Å². The second-order valence-corrected chi connectivity index (χ2v) is 7.73. The lowest BCUT2D eigenvalue weighted by atomic mass is 9.99. The number of benzene rings is 3. The Kier molecular flexibility index (Phi) is 4.36. The molecule has 154 valence electrons. The van der Waals surface area contributed by atoms with Crippen LogP contribution >= 0.6 is 0 Å². The van der Waals surface area contributed by atoms with E-state index in [1.54, 1.807) is 32.0 Å². The minimum Gasteiger partial charge on any atom is -0.451 e. The Morgan fingerprint density at radius 3 is 2.71 bits per heavy atom. The van der Waals surface area contributed by atoms with Gasteiger partial charge in [0.05, 0.1) is 5.92 Å². The molecule has 1 N–H and O–H groups in total. The molecular formula is C25H19NO5. The number of furan rings is 1. The van der Waals surface area contributed by atoms with Gasteiger partial charge in [-0.25, -0.2) is 4.79 Å². The van der Waals surface area contributed by atoms with Crippen LogP contribution in [-0.2, 0) is 9.53 Å². The maximum absolute atomic E-state index is 12.7. The minimum atomic E-state index is -0.683. The van der Waals surface area contributed by atoms with E-state index >= 15 is 0 Å². The SMILES string of the molecule is Cc1c(C(=O)OCC(=O)c2ccc3c(c2)[C@H](C)C(=O)N3)oc2c1ccc1ccccc12. The third kappa shape index (κ3) is 3.08. The number of amides is 1. The number of hydrogen-bond donors (Lipinski definition) is 1. The largest absolute Gasteiger partial charge is 0.451 e. The molecule has 1 atom stereocenters. The fourth-order valence-corrected chi connectivity index (χ4v) is 4.01. The maximum atomic E-state index is 12.7. The summed E-state index contributed by atoms with van der Waals surface area (Å²) >= 11 is 0. The van der Waals surface area contributed by atoms with Crippen molar-refractivity contribution >= 4 is 45.1 Å². The monoisotopic (exact) mass is 413 g/mol. The summed E-state index contributed by atoms with van der Waals surface area (Å²) in [6.07, 6.45) is 0. The van der Waals surface area contributed by atoms with E-state index in [9.17, 15) is 14.4 Å². The number of ketones is 1. The lowest BCUT2D eigenvalue weighted by molar-refractivity contribution is -0.116. The van der Waals surface area contributed by atoms with Crippen molar-refractivity contribution in [1.82, 2.24) is 0 Å². The number of Topliss-reactive ketones (excluding diaryl/α,β-unsaturated/α-hetero) is 1. The Morgan fingerprint density at radius 2 is 1.87 bits per heavy atom. The van der Waals surface area contributed by atoms with Crippen LogP contribution in [0.25, 0.3) is 21.7 Å². The first-order valence-corrected chi connectivity index (χ1v) is 10.00. The smallest absolute Gasteiger partial charge is 0.375 e.